The first kappa shape index (κ1) is 18.7. The molecule has 0 bridgehead atoms. The van der Waals surface area contributed by atoms with Crippen molar-refractivity contribution in [2.75, 3.05) is 38.7 Å². The first-order chi connectivity index (χ1) is 13.5. The van der Waals surface area contributed by atoms with Gasteiger partial charge in [0.1, 0.15) is 5.75 Å². The number of carbonyl (C=O) groups excluding carboxylic acids is 1. The van der Waals surface area contributed by atoms with E-state index in [9.17, 15) is 4.79 Å². The van der Waals surface area contributed by atoms with E-state index in [2.05, 4.69) is 15.5 Å². The Morgan fingerprint density at radius 2 is 2.11 bits per heavy atom. The van der Waals surface area contributed by atoms with Gasteiger partial charge in [0.15, 0.2) is 5.82 Å². The molecule has 2 fully saturated rings. The Balaban J connectivity index is 1.57. The largest absolute Gasteiger partial charge is 0.495 e. The van der Waals surface area contributed by atoms with Crippen LogP contribution < -0.4 is 10.1 Å². The molecule has 8 heteroatoms. The highest BCUT2D eigenvalue weighted by Gasteiger charge is 2.51. The van der Waals surface area contributed by atoms with E-state index in [1.54, 1.807) is 7.11 Å². The second-order valence-electron chi connectivity index (χ2n) is 7.72. The van der Waals surface area contributed by atoms with Crippen LogP contribution in [-0.2, 0) is 4.74 Å². The van der Waals surface area contributed by atoms with Crippen molar-refractivity contribution in [1.82, 2.24) is 15.0 Å². The standard InChI is InChI=1S/C20H26N4O4/c1-13-4-5-17(26-3)16(10-13)22-19(25)24-11-15(18-21-14(2)23-28-18)20(12-24)6-8-27-9-7-20/h4-5,10,15H,6-9,11-12H2,1-3H3,(H,22,25)/t15-/m0/s1. The molecule has 2 aromatic rings. The smallest absolute Gasteiger partial charge is 0.321 e. The van der Waals surface area contributed by atoms with Crippen molar-refractivity contribution in [3.8, 4) is 5.75 Å². The van der Waals surface area contributed by atoms with E-state index in [4.69, 9.17) is 14.0 Å². The minimum absolute atomic E-state index is 0.0164. The molecule has 4 rings (SSSR count). The van der Waals surface area contributed by atoms with Gasteiger partial charge in [-0.25, -0.2) is 4.79 Å². The third-order valence-electron chi connectivity index (χ3n) is 5.86. The minimum atomic E-state index is -0.145. The fourth-order valence-electron chi connectivity index (χ4n) is 4.32. The summed E-state index contributed by atoms with van der Waals surface area (Å²) in [6.45, 7) is 6.35. The summed E-state index contributed by atoms with van der Waals surface area (Å²) >= 11 is 0. The van der Waals surface area contributed by atoms with Crippen LogP contribution in [0.15, 0.2) is 22.7 Å². The van der Waals surface area contributed by atoms with Crippen molar-refractivity contribution in [3.05, 3.63) is 35.5 Å². The molecule has 150 valence electrons. The molecule has 2 saturated heterocycles. The van der Waals surface area contributed by atoms with Crippen LogP contribution in [0.2, 0.25) is 0 Å². The number of methoxy groups -OCH3 is 1. The molecule has 1 aromatic heterocycles. The zero-order valence-electron chi connectivity index (χ0n) is 16.5. The number of hydrogen-bond acceptors (Lipinski definition) is 6. The third-order valence-corrected chi connectivity index (χ3v) is 5.86. The number of rotatable bonds is 3. The molecule has 2 aliphatic rings. The van der Waals surface area contributed by atoms with Gasteiger partial charge in [0, 0.05) is 31.7 Å². The summed E-state index contributed by atoms with van der Waals surface area (Å²) in [5, 5.41) is 6.96. The lowest BCUT2D eigenvalue weighted by atomic mass is 9.72. The fraction of sp³-hybridized carbons (Fsp3) is 0.550. The number of aromatic nitrogens is 2. The van der Waals surface area contributed by atoms with E-state index in [-0.39, 0.29) is 17.4 Å². The molecule has 2 aliphatic heterocycles. The number of ether oxygens (including phenoxy) is 2. The van der Waals surface area contributed by atoms with Gasteiger partial charge < -0.3 is 24.2 Å². The van der Waals surface area contributed by atoms with Crippen molar-refractivity contribution in [3.63, 3.8) is 0 Å². The predicted molar refractivity (Wildman–Crippen MR) is 103 cm³/mol. The molecule has 0 aliphatic carbocycles. The van der Waals surface area contributed by atoms with Crippen LogP contribution in [-0.4, -0.2) is 54.5 Å². The summed E-state index contributed by atoms with van der Waals surface area (Å²) < 4.78 is 16.5. The maximum Gasteiger partial charge on any atom is 0.321 e. The van der Waals surface area contributed by atoms with E-state index in [1.165, 1.54) is 0 Å². The summed E-state index contributed by atoms with van der Waals surface area (Å²) in [6, 6.07) is 5.58. The van der Waals surface area contributed by atoms with Gasteiger partial charge in [-0.05, 0) is 44.4 Å². The number of likely N-dealkylation sites (tertiary alicyclic amines) is 1. The maximum atomic E-state index is 13.1. The number of aryl methyl sites for hydroxylation is 2. The number of nitrogens with one attached hydrogen (secondary N) is 1. The van der Waals surface area contributed by atoms with Crippen LogP contribution >= 0.6 is 0 Å². The Bertz CT molecular complexity index is 860. The van der Waals surface area contributed by atoms with E-state index < -0.39 is 0 Å². The lowest BCUT2D eigenvalue weighted by Gasteiger charge is -2.36. The molecule has 0 unspecified atom stereocenters. The Morgan fingerprint density at radius 1 is 1.32 bits per heavy atom. The number of hydrogen-bond donors (Lipinski definition) is 1. The van der Waals surface area contributed by atoms with Gasteiger partial charge in [-0.15, -0.1) is 0 Å². The molecule has 0 radical (unpaired) electrons. The first-order valence-corrected chi connectivity index (χ1v) is 9.59. The quantitative estimate of drug-likeness (QED) is 0.872. The molecule has 2 amide bonds. The zero-order chi connectivity index (χ0) is 19.7. The predicted octanol–water partition coefficient (Wildman–Crippen LogP) is 3.12. The normalized spacial score (nSPS) is 21.1. The topological polar surface area (TPSA) is 89.7 Å². The second-order valence-corrected chi connectivity index (χ2v) is 7.72. The maximum absolute atomic E-state index is 13.1. The van der Waals surface area contributed by atoms with Crippen molar-refractivity contribution in [2.24, 2.45) is 5.41 Å². The van der Waals surface area contributed by atoms with Crippen LogP contribution in [0, 0.1) is 19.3 Å². The number of carbonyl (C=O) groups is 1. The Kier molecular flexibility index (Phi) is 4.97. The van der Waals surface area contributed by atoms with Crippen molar-refractivity contribution >= 4 is 11.7 Å². The van der Waals surface area contributed by atoms with Crippen molar-refractivity contribution in [2.45, 2.75) is 32.6 Å². The van der Waals surface area contributed by atoms with E-state index in [1.807, 2.05) is 36.9 Å². The van der Waals surface area contributed by atoms with Crippen molar-refractivity contribution in [1.29, 1.82) is 0 Å². The van der Waals surface area contributed by atoms with Gasteiger partial charge in [0.2, 0.25) is 5.89 Å². The lowest BCUT2D eigenvalue weighted by molar-refractivity contribution is 0.00959. The van der Waals surface area contributed by atoms with Gasteiger partial charge in [-0.2, -0.15) is 4.98 Å². The van der Waals surface area contributed by atoms with Crippen LogP contribution in [0.1, 0.15) is 36.0 Å². The minimum Gasteiger partial charge on any atom is -0.495 e. The number of anilines is 1. The highest BCUT2D eigenvalue weighted by molar-refractivity contribution is 5.91. The van der Waals surface area contributed by atoms with E-state index in [0.29, 0.717) is 49.5 Å². The summed E-state index contributed by atoms with van der Waals surface area (Å²) in [5.41, 5.74) is 1.63. The van der Waals surface area contributed by atoms with Gasteiger partial charge in [0.05, 0.1) is 18.7 Å². The number of nitrogens with zero attached hydrogens (tertiary/aromatic N) is 3. The zero-order valence-corrected chi connectivity index (χ0v) is 16.5. The summed E-state index contributed by atoms with van der Waals surface area (Å²) in [4.78, 5) is 19.4. The molecule has 1 atom stereocenters. The van der Waals surface area contributed by atoms with Crippen LogP contribution in [0.25, 0.3) is 0 Å². The third kappa shape index (κ3) is 3.44. The Labute approximate surface area is 164 Å². The van der Waals surface area contributed by atoms with Gasteiger partial charge in [-0.1, -0.05) is 11.2 Å². The number of amides is 2. The average molecular weight is 386 g/mol. The van der Waals surface area contributed by atoms with Crippen molar-refractivity contribution < 1.29 is 18.8 Å². The highest BCUT2D eigenvalue weighted by Crippen LogP contribution is 2.49. The molecule has 8 nitrogen and oxygen atoms in total. The summed E-state index contributed by atoms with van der Waals surface area (Å²) in [6.07, 6.45) is 1.74. The molecule has 3 heterocycles. The molecule has 1 aromatic carbocycles. The molecular formula is C20H26N4O4. The van der Waals surface area contributed by atoms with Crippen LogP contribution in [0.3, 0.4) is 0 Å². The van der Waals surface area contributed by atoms with Gasteiger partial charge in [0.25, 0.3) is 0 Å². The SMILES string of the molecule is COc1ccc(C)cc1NC(=O)N1C[C@@H](c2nc(C)no2)C2(CCOCC2)C1. The Morgan fingerprint density at radius 3 is 2.79 bits per heavy atom. The number of urea groups is 1. The average Bonchev–Trinajstić information content (AvgIpc) is 3.26. The van der Waals surface area contributed by atoms with Gasteiger partial charge in [-0.3, -0.25) is 0 Å². The first-order valence-electron chi connectivity index (χ1n) is 9.59. The molecule has 28 heavy (non-hydrogen) atoms. The summed E-state index contributed by atoms with van der Waals surface area (Å²) in [7, 11) is 1.60. The molecule has 1 spiro atoms. The molecule has 0 saturated carbocycles. The van der Waals surface area contributed by atoms with Crippen LogP contribution in [0.4, 0.5) is 10.5 Å². The molecule has 1 N–H and O–H groups in total. The highest BCUT2D eigenvalue weighted by atomic mass is 16.5. The molecular weight excluding hydrogens is 360 g/mol. The Hall–Kier alpha value is -2.61. The number of benzene rings is 1. The van der Waals surface area contributed by atoms with Crippen LogP contribution in [0.5, 0.6) is 5.75 Å². The van der Waals surface area contributed by atoms with E-state index in [0.717, 1.165) is 18.4 Å². The summed E-state index contributed by atoms with van der Waals surface area (Å²) in [5.74, 6) is 1.89. The van der Waals surface area contributed by atoms with E-state index >= 15 is 0 Å². The lowest BCUT2D eigenvalue weighted by Crippen LogP contribution is -2.38. The monoisotopic (exact) mass is 386 g/mol. The second kappa shape index (κ2) is 7.43. The van der Waals surface area contributed by atoms with Gasteiger partial charge >= 0.3 is 6.03 Å². The fourth-order valence-corrected chi connectivity index (χ4v) is 4.32.